The molecule has 19 heavy (non-hydrogen) atoms. The van der Waals surface area contributed by atoms with Gasteiger partial charge in [0.2, 0.25) is 10.0 Å². The maximum atomic E-state index is 12.4. The maximum Gasteiger partial charge on any atom is 0.218 e. The molecule has 0 spiro atoms. The smallest absolute Gasteiger partial charge is 0.218 e. The van der Waals surface area contributed by atoms with Gasteiger partial charge in [0, 0.05) is 19.6 Å². The van der Waals surface area contributed by atoms with Crippen LogP contribution in [0, 0.1) is 5.92 Å². The molecule has 1 heterocycles. The maximum absolute atomic E-state index is 12.4. The number of benzene rings is 1. The van der Waals surface area contributed by atoms with Crippen LogP contribution in [0.2, 0.25) is 0 Å². The second kappa shape index (κ2) is 6.03. The third kappa shape index (κ3) is 3.78. The topological polar surface area (TPSA) is 63.4 Å². The second-order valence-electron chi connectivity index (χ2n) is 5.39. The lowest BCUT2D eigenvalue weighted by Gasteiger charge is -2.30. The zero-order valence-corrected chi connectivity index (χ0v) is 12.2. The first-order valence-corrected chi connectivity index (χ1v) is 8.38. The zero-order valence-electron chi connectivity index (χ0n) is 11.4. The Balaban J connectivity index is 2.11. The first-order chi connectivity index (χ1) is 9.01. The van der Waals surface area contributed by atoms with Gasteiger partial charge in [0.25, 0.3) is 0 Å². The number of sulfonamides is 1. The summed E-state index contributed by atoms with van der Waals surface area (Å²) in [6.45, 7) is 3.85. The van der Waals surface area contributed by atoms with Crippen LogP contribution in [0.15, 0.2) is 24.3 Å². The summed E-state index contributed by atoms with van der Waals surface area (Å²) < 4.78 is 26.4. The van der Waals surface area contributed by atoms with Crippen molar-refractivity contribution in [2.24, 2.45) is 11.7 Å². The van der Waals surface area contributed by atoms with Crippen molar-refractivity contribution in [2.75, 3.05) is 13.1 Å². The molecule has 0 bridgehead atoms. The molecular weight excluding hydrogens is 260 g/mol. The van der Waals surface area contributed by atoms with Gasteiger partial charge in [-0.2, -0.15) is 0 Å². The van der Waals surface area contributed by atoms with Crippen LogP contribution in [0.1, 0.15) is 30.9 Å². The number of rotatable bonds is 4. The Hall–Kier alpha value is -0.910. The summed E-state index contributed by atoms with van der Waals surface area (Å²) in [5.41, 5.74) is 7.38. The molecule has 1 aromatic rings. The standard InChI is InChI=1S/C14H22N2O2S/c1-12-4-3-7-16(10-12)19(17,18)11-14-6-2-5-13(8-14)9-15/h2,5-6,8,12H,3-4,7,9-11,15H2,1H3. The molecule has 1 atom stereocenters. The molecule has 0 aliphatic carbocycles. The summed E-state index contributed by atoms with van der Waals surface area (Å²) in [4.78, 5) is 0. The quantitative estimate of drug-likeness (QED) is 0.914. The molecule has 1 aliphatic heterocycles. The molecule has 106 valence electrons. The Labute approximate surface area is 115 Å². The molecule has 1 unspecified atom stereocenters. The van der Waals surface area contributed by atoms with Gasteiger partial charge < -0.3 is 5.73 Å². The van der Waals surface area contributed by atoms with Crippen LogP contribution in [0.3, 0.4) is 0 Å². The lowest BCUT2D eigenvalue weighted by molar-refractivity contribution is 0.281. The Kier molecular flexibility index (Phi) is 4.60. The first-order valence-electron chi connectivity index (χ1n) is 6.77. The third-order valence-corrected chi connectivity index (χ3v) is 5.41. The predicted octanol–water partition coefficient (Wildman–Crippen LogP) is 1.71. The van der Waals surface area contributed by atoms with Crippen LogP contribution in [0.4, 0.5) is 0 Å². The van der Waals surface area contributed by atoms with Crippen LogP contribution < -0.4 is 5.73 Å². The van der Waals surface area contributed by atoms with Crippen molar-refractivity contribution in [1.82, 2.24) is 4.31 Å². The van der Waals surface area contributed by atoms with E-state index in [9.17, 15) is 8.42 Å². The van der Waals surface area contributed by atoms with Crippen LogP contribution in [0.25, 0.3) is 0 Å². The highest BCUT2D eigenvalue weighted by atomic mass is 32.2. The highest BCUT2D eigenvalue weighted by Crippen LogP contribution is 2.21. The van der Waals surface area contributed by atoms with E-state index in [0.29, 0.717) is 25.6 Å². The SMILES string of the molecule is CC1CCCN(S(=O)(=O)Cc2cccc(CN)c2)C1. The second-order valence-corrected chi connectivity index (χ2v) is 7.35. The minimum atomic E-state index is -3.20. The summed E-state index contributed by atoms with van der Waals surface area (Å²) in [6, 6.07) is 7.51. The molecule has 2 rings (SSSR count). The molecule has 0 aromatic heterocycles. The molecular formula is C14H22N2O2S. The van der Waals surface area contributed by atoms with Crippen molar-refractivity contribution in [3.8, 4) is 0 Å². The summed E-state index contributed by atoms with van der Waals surface area (Å²) in [5.74, 6) is 0.534. The van der Waals surface area contributed by atoms with E-state index >= 15 is 0 Å². The van der Waals surface area contributed by atoms with E-state index in [4.69, 9.17) is 5.73 Å². The Bertz CT molecular complexity index is 528. The summed E-state index contributed by atoms with van der Waals surface area (Å²) >= 11 is 0. The van der Waals surface area contributed by atoms with E-state index in [2.05, 4.69) is 6.92 Å². The van der Waals surface area contributed by atoms with Gasteiger partial charge in [-0.15, -0.1) is 0 Å². The average Bonchev–Trinajstić information content (AvgIpc) is 2.38. The molecule has 1 aromatic carbocycles. The first kappa shape index (κ1) is 14.5. The van der Waals surface area contributed by atoms with E-state index in [1.54, 1.807) is 4.31 Å². The zero-order chi connectivity index (χ0) is 13.9. The monoisotopic (exact) mass is 282 g/mol. The van der Waals surface area contributed by atoms with E-state index in [1.165, 1.54) is 0 Å². The van der Waals surface area contributed by atoms with Crippen LogP contribution in [-0.2, 0) is 22.3 Å². The predicted molar refractivity (Wildman–Crippen MR) is 76.9 cm³/mol. The fourth-order valence-corrected chi connectivity index (χ4v) is 4.22. The molecule has 5 heteroatoms. The number of hydrogen-bond donors (Lipinski definition) is 1. The average molecular weight is 282 g/mol. The molecule has 2 N–H and O–H groups in total. The van der Waals surface area contributed by atoms with Crippen molar-refractivity contribution >= 4 is 10.0 Å². The van der Waals surface area contributed by atoms with Crippen LogP contribution in [-0.4, -0.2) is 25.8 Å². The fraction of sp³-hybridized carbons (Fsp3) is 0.571. The number of nitrogens with zero attached hydrogens (tertiary/aromatic N) is 1. The third-order valence-electron chi connectivity index (χ3n) is 3.59. The minimum absolute atomic E-state index is 0.0769. The van der Waals surface area contributed by atoms with Crippen LogP contribution >= 0.6 is 0 Å². The summed E-state index contributed by atoms with van der Waals surface area (Å²) in [5, 5.41) is 0. The van der Waals surface area contributed by atoms with Gasteiger partial charge >= 0.3 is 0 Å². The lowest BCUT2D eigenvalue weighted by Crippen LogP contribution is -2.39. The number of hydrogen-bond acceptors (Lipinski definition) is 3. The minimum Gasteiger partial charge on any atom is -0.326 e. The van der Waals surface area contributed by atoms with Gasteiger partial charge in [0.05, 0.1) is 5.75 Å². The van der Waals surface area contributed by atoms with Gasteiger partial charge in [-0.25, -0.2) is 12.7 Å². The molecule has 1 saturated heterocycles. The Morgan fingerprint density at radius 2 is 2.11 bits per heavy atom. The molecule has 0 saturated carbocycles. The number of piperidine rings is 1. The highest BCUT2D eigenvalue weighted by Gasteiger charge is 2.27. The number of nitrogens with two attached hydrogens (primary N) is 1. The van der Waals surface area contributed by atoms with Crippen LogP contribution in [0.5, 0.6) is 0 Å². The fourth-order valence-electron chi connectivity index (χ4n) is 2.55. The lowest BCUT2D eigenvalue weighted by atomic mass is 10.0. The largest absolute Gasteiger partial charge is 0.326 e. The van der Waals surface area contributed by atoms with Crippen molar-refractivity contribution < 1.29 is 8.42 Å². The van der Waals surface area contributed by atoms with Crippen molar-refractivity contribution in [3.05, 3.63) is 35.4 Å². The molecule has 0 radical (unpaired) electrons. The van der Waals surface area contributed by atoms with Gasteiger partial charge in [0.1, 0.15) is 0 Å². The van der Waals surface area contributed by atoms with E-state index < -0.39 is 10.0 Å². The van der Waals surface area contributed by atoms with Gasteiger partial charge in [0.15, 0.2) is 0 Å². The van der Waals surface area contributed by atoms with Crippen molar-refractivity contribution in [3.63, 3.8) is 0 Å². The normalized spacial score (nSPS) is 21.5. The molecule has 1 aliphatic rings. The van der Waals surface area contributed by atoms with Gasteiger partial charge in [-0.3, -0.25) is 0 Å². The summed E-state index contributed by atoms with van der Waals surface area (Å²) in [6.07, 6.45) is 2.08. The van der Waals surface area contributed by atoms with E-state index in [1.807, 2.05) is 24.3 Å². The van der Waals surface area contributed by atoms with Crippen molar-refractivity contribution in [1.29, 1.82) is 0 Å². The highest BCUT2D eigenvalue weighted by molar-refractivity contribution is 7.88. The van der Waals surface area contributed by atoms with Gasteiger partial charge in [-0.1, -0.05) is 31.2 Å². The molecule has 1 fully saturated rings. The molecule has 4 nitrogen and oxygen atoms in total. The van der Waals surface area contributed by atoms with Gasteiger partial charge in [-0.05, 0) is 29.9 Å². The Morgan fingerprint density at radius 1 is 1.37 bits per heavy atom. The molecule has 0 amide bonds. The van der Waals surface area contributed by atoms with Crippen molar-refractivity contribution in [2.45, 2.75) is 32.1 Å². The van der Waals surface area contributed by atoms with E-state index in [-0.39, 0.29) is 5.75 Å². The summed E-state index contributed by atoms with van der Waals surface area (Å²) in [7, 11) is -3.20. The Morgan fingerprint density at radius 3 is 2.79 bits per heavy atom. The van der Waals surface area contributed by atoms with E-state index in [0.717, 1.165) is 24.0 Å².